The molecule has 0 heterocycles. The van der Waals surface area contributed by atoms with E-state index < -0.39 is 32.6 Å². The molecule has 0 aromatic rings. The Kier molecular flexibility index (Phi) is 9.94. The molecule has 0 rings (SSSR count). The Bertz CT molecular complexity index is 391. The largest absolute Gasteiger partial charge is 0.471 e. The van der Waals surface area contributed by atoms with Gasteiger partial charge in [0.15, 0.2) is 5.06 Å². The lowest BCUT2D eigenvalue weighted by Crippen LogP contribution is -2.36. The van der Waals surface area contributed by atoms with Crippen molar-refractivity contribution in [2.24, 2.45) is 5.92 Å². The van der Waals surface area contributed by atoms with Crippen molar-refractivity contribution in [3.63, 3.8) is 0 Å². The lowest BCUT2D eigenvalue weighted by atomic mass is 10.1. The van der Waals surface area contributed by atoms with Crippen molar-refractivity contribution in [1.82, 2.24) is 0 Å². The van der Waals surface area contributed by atoms with Crippen LogP contribution in [-0.4, -0.2) is 46.0 Å². The van der Waals surface area contributed by atoms with Crippen LogP contribution < -0.4 is 0 Å². The van der Waals surface area contributed by atoms with E-state index in [1.807, 2.05) is 0 Å². The Hall–Kier alpha value is 1.13. The van der Waals surface area contributed by atoms with Crippen LogP contribution in [0.4, 0.5) is 0 Å². The van der Waals surface area contributed by atoms with Crippen molar-refractivity contribution in [1.29, 1.82) is 0 Å². The smallest absolute Gasteiger partial charge is 0.307 e. The molecule has 0 aromatic heterocycles. The molecule has 0 saturated carbocycles. The molecule has 128 valence electrons. The fraction of sp³-hybridized carbons (Fsp3) is 1.00. The van der Waals surface area contributed by atoms with Gasteiger partial charge in [-0.25, -0.2) is 4.57 Å². The summed E-state index contributed by atoms with van der Waals surface area (Å²) in [6, 6.07) is 0. The second kappa shape index (κ2) is 9.43. The van der Waals surface area contributed by atoms with Crippen molar-refractivity contribution in [2.75, 3.05) is 31.1 Å². The van der Waals surface area contributed by atoms with Crippen LogP contribution in [0.2, 0.25) is 0 Å². The molecule has 0 radical (unpaired) electrons. The molecule has 1 atom stereocenters. The molecule has 1 unspecified atom stereocenters. The van der Waals surface area contributed by atoms with Gasteiger partial charge in [-0.2, -0.15) is 0 Å². The van der Waals surface area contributed by atoms with Gasteiger partial charge in [0.2, 0.25) is 0 Å². The number of hydrogen-bond acceptors (Lipinski definition) is 5. The standard InChI is InChI=1S/C9H19Cl3O7P2/c1-8(2)9(12,19-21(14,15)16)7-20(13,17-5-3-10)18-6-4-11/h8H,3-7H2,1-2H3,(H2,14,15,16). The van der Waals surface area contributed by atoms with Crippen molar-refractivity contribution in [2.45, 2.75) is 18.9 Å². The molecule has 0 aliphatic carbocycles. The number of halogens is 3. The van der Waals surface area contributed by atoms with E-state index in [2.05, 4.69) is 4.52 Å². The number of alkyl halides is 3. The zero-order valence-electron chi connectivity index (χ0n) is 11.6. The highest BCUT2D eigenvalue weighted by molar-refractivity contribution is 7.54. The van der Waals surface area contributed by atoms with Gasteiger partial charge in [-0.15, -0.1) is 23.2 Å². The maximum Gasteiger partial charge on any atom is 0.471 e. The number of phosphoric ester groups is 1. The molecule has 0 bridgehead atoms. The summed E-state index contributed by atoms with van der Waals surface area (Å²) < 4.78 is 38.3. The van der Waals surface area contributed by atoms with Crippen LogP contribution in [0, 0.1) is 5.92 Å². The van der Waals surface area contributed by atoms with E-state index >= 15 is 0 Å². The SMILES string of the molecule is CC(C)C(Cl)(CP(=O)(OCCCl)OCCCl)OP(=O)(O)O. The highest BCUT2D eigenvalue weighted by atomic mass is 35.5. The summed E-state index contributed by atoms with van der Waals surface area (Å²) in [6.07, 6.45) is -0.557. The summed E-state index contributed by atoms with van der Waals surface area (Å²) in [7, 11) is -8.68. The Balaban J connectivity index is 5.21. The molecule has 7 nitrogen and oxygen atoms in total. The van der Waals surface area contributed by atoms with Crippen LogP contribution >= 0.6 is 50.2 Å². The van der Waals surface area contributed by atoms with Gasteiger partial charge in [-0.05, 0) is 5.92 Å². The molecule has 21 heavy (non-hydrogen) atoms. The summed E-state index contributed by atoms with van der Waals surface area (Å²) in [5, 5.41) is -1.92. The first-order valence-electron chi connectivity index (χ1n) is 5.93. The Morgan fingerprint density at radius 1 is 1.10 bits per heavy atom. The number of phosphoric acid groups is 1. The minimum atomic E-state index is -4.90. The third-order valence-corrected chi connectivity index (χ3v) is 6.09. The van der Waals surface area contributed by atoms with Crippen LogP contribution in [0.25, 0.3) is 0 Å². The number of rotatable bonds is 11. The Morgan fingerprint density at radius 3 is 1.81 bits per heavy atom. The summed E-state index contributed by atoms with van der Waals surface area (Å²) in [4.78, 5) is 17.9. The molecular formula is C9H19Cl3O7P2. The van der Waals surface area contributed by atoms with E-state index in [4.69, 9.17) is 53.6 Å². The molecule has 0 aliphatic rings. The van der Waals surface area contributed by atoms with Crippen LogP contribution in [-0.2, 0) is 22.7 Å². The molecule has 0 fully saturated rings. The summed E-state index contributed by atoms with van der Waals surface area (Å²) in [5.74, 6) is -0.464. The predicted molar refractivity (Wildman–Crippen MR) is 82.4 cm³/mol. The lowest BCUT2D eigenvalue weighted by Gasteiger charge is -2.33. The Morgan fingerprint density at radius 2 is 1.52 bits per heavy atom. The third kappa shape index (κ3) is 9.11. The average molecular weight is 408 g/mol. The third-order valence-electron chi connectivity index (χ3n) is 2.27. The first-order valence-corrected chi connectivity index (χ1v) is 10.6. The number of hydrogen-bond donors (Lipinski definition) is 2. The van der Waals surface area contributed by atoms with Gasteiger partial charge in [0.25, 0.3) is 0 Å². The van der Waals surface area contributed by atoms with E-state index in [1.165, 1.54) is 0 Å². The fourth-order valence-corrected chi connectivity index (χ4v) is 5.06. The van der Waals surface area contributed by atoms with Gasteiger partial charge in [0.1, 0.15) is 0 Å². The monoisotopic (exact) mass is 406 g/mol. The molecule has 12 heteroatoms. The summed E-state index contributed by atoms with van der Waals surface area (Å²) in [5.41, 5.74) is 0. The fourth-order valence-electron chi connectivity index (χ4n) is 1.25. The molecule has 0 aliphatic heterocycles. The van der Waals surface area contributed by atoms with E-state index in [0.717, 1.165) is 0 Å². The van der Waals surface area contributed by atoms with Crippen LogP contribution in [0.1, 0.15) is 13.8 Å². The molecule has 0 amide bonds. The van der Waals surface area contributed by atoms with Crippen LogP contribution in [0.15, 0.2) is 0 Å². The van der Waals surface area contributed by atoms with Crippen LogP contribution in [0.3, 0.4) is 0 Å². The van der Waals surface area contributed by atoms with Crippen molar-refractivity contribution < 1.29 is 32.5 Å². The van der Waals surface area contributed by atoms with Gasteiger partial charge >= 0.3 is 15.4 Å². The minimum Gasteiger partial charge on any atom is -0.307 e. The Labute approximate surface area is 139 Å². The first kappa shape index (κ1) is 22.1. The van der Waals surface area contributed by atoms with E-state index in [-0.39, 0.29) is 25.0 Å². The highest BCUT2D eigenvalue weighted by Gasteiger charge is 2.46. The van der Waals surface area contributed by atoms with Gasteiger partial charge < -0.3 is 18.8 Å². The van der Waals surface area contributed by atoms with Gasteiger partial charge in [-0.3, -0.25) is 9.09 Å². The highest BCUT2D eigenvalue weighted by Crippen LogP contribution is 2.57. The minimum absolute atomic E-state index is 0.0601. The molecule has 0 saturated heterocycles. The lowest BCUT2D eigenvalue weighted by molar-refractivity contribution is 0.0750. The van der Waals surface area contributed by atoms with Gasteiger partial charge in [0.05, 0.1) is 19.4 Å². The topological polar surface area (TPSA) is 102 Å². The van der Waals surface area contributed by atoms with Gasteiger partial charge in [-0.1, -0.05) is 25.4 Å². The summed E-state index contributed by atoms with van der Waals surface area (Å²) >= 11 is 17.0. The van der Waals surface area contributed by atoms with Crippen molar-refractivity contribution in [3.05, 3.63) is 0 Å². The van der Waals surface area contributed by atoms with Crippen LogP contribution in [0.5, 0.6) is 0 Å². The molecule has 0 aromatic carbocycles. The van der Waals surface area contributed by atoms with E-state index in [9.17, 15) is 9.13 Å². The summed E-state index contributed by atoms with van der Waals surface area (Å²) in [6.45, 7) is 2.94. The zero-order valence-corrected chi connectivity index (χ0v) is 15.6. The van der Waals surface area contributed by atoms with E-state index in [0.29, 0.717) is 0 Å². The van der Waals surface area contributed by atoms with Gasteiger partial charge in [0, 0.05) is 11.8 Å². The van der Waals surface area contributed by atoms with E-state index in [1.54, 1.807) is 13.8 Å². The van der Waals surface area contributed by atoms with Crippen molar-refractivity contribution >= 4 is 50.2 Å². The zero-order chi connectivity index (χ0) is 16.7. The predicted octanol–water partition coefficient (Wildman–Crippen LogP) is 3.39. The normalized spacial score (nSPS) is 16.2. The maximum atomic E-state index is 12.6. The second-order valence-corrected chi connectivity index (χ2v) is 8.95. The molecular weight excluding hydrogens is 388 g/mol. The van der Waals surface area contributed by atoms with Crippen molar-refractivity contribution in [3.8, 4) is 0 Å². The molecule has 0 spiro atoms. The first-order chi connectivity index (χ1) is 9.48. The maximum absolute atomic E-state index is 12.6. The quantitative estimate of drug-likeness (QED) is 0.400. The molecule has 2 N–H and O–H groups in total. The second-order valence-electron chi connectivity index (χ2n) is 4.34. The average Bonchev–Trinajstić information content (AvgIpc) is 2.31.